The zero-order valence-corrected chi connectivity index (χ0v) is 32.1. The van der Waals surface area contributed by atoms with Gasteiger partial charge in [-0.1, -0.05) is 91.9 Å². The molecule has 9 nitrogen and oxygen atoms in total. The minimum absolute atomic E-state index is 0.000351. The third-order valence-electron chi connectivity index (χ3n) is 9.72. The first-order valence-electron chi connectivity index (χ1n) is 18.7. The average molecular weight is 783 g/mol. The van der Waals surface area contributed by atoms with E-state index in [2.05, 4.69) is 5.32 Å². The Hall–Kier alpha value is -5.88. The van der Waals surface area contributed by atoms with Crippen molar-refractivity contribution in [1.29, 1.82) is 0 Å². The molecule has 0 saturated carbocycles. The van der Waals surface area contributed by atoms with Gasteiger partial charge in [-0.25, -0.2) is 9.59 Å². The van der Waals surface area contributed by atoms with Gasteiger partial charge in [0.2, 0.25) is 5.91 Å². The molecule has 2 N–H and O–H groups in total. The van der Waals surface area contributed by atoms with Crippen LogP contribution < -0.4 is 10.1 Å². The fourth-order valence-corrected chi connectivity index (χ4v) is 6.80. The number of halogens is 3. The molecule has 3 unspecified atom stereocenters. The zero-order chi connectivity index (χ0) is 40.9. The Labute approximate surface area is 329 Å². The molecule has 1 saturated heterocycles. The molecule has 0 aromatic heterocycles. The summed E-state index contributed by atoms with van der Waals surface area (Å²) in [5, 5.41) is 12.9. The van der Waals surface area contributed by atoms with Crippen LogP contribution in [0.3, 0.4) is 0 Å². The van der Waals surface area contributed by atoms with Crippen LogP contribution in [0.4, 0.5) is 18.0 Å². The molecule has 2 amide bonds. The van der Waals surface area contributed by atoms with Crippen molar-refractivity contribution in [3.05, 3.63) is 143 Å². The number of aliphatic carboxylic acids is 1. The van der Waals surface area contributed by atoms with Gasteiger partial charge in [-0.15, -0.1) is 0 Å². The van der Waals surface area contributed by atoms with Crippen molar-refractivity contribution in [1.82, 2.24) is 10.2 Å². The van der Waals surface area contributed by atoms with Gasteiger partial charge in [0, 0.05) is 30.9 Å². The van der Waals surface area contributed by atoms with Crippen molar-refractivity contribution < 1.29 is 46.9 Å². The first kappa shape index (κ1) is 40.8. The Bertz CT molecular complexity index is 2130. The SMILES string of the molecule is CC1C=C2CC(C(=O)N[C@@H](Cc3ccc(-c4ccccc4Oc4ccccc4)cc3)C(=O)O)N(C(=O)OC(C)(C)C)CC2=CC1OCc1ccc(C(F)(F)F)cc1. The van der Waals surface area contributed by atoms with E-state index in [-0.39, 0.29) is 31.9 Å². The molecule has 1 aliphatic carbocycles. The summed E-state index contributed by atoms with van der Waals surface area (Å²) in [6.45, 7) is 7.12. The van der Waals surface area contributed by atoms with Crippen molar-refractivity contribution in [3.63, 3.8) is 0 Å². The summed E-state index contributed by atoms with van der Waals surface area (Å²) in [5.41, 5.74) is 2.91. The molecule has 298 valence electrons. The number of hydrogen-bond donors (Lipinski definition) is 2. The Kier molecular flexibility index (Phi) is 12.2. The molecular formula is C45H45F3N2O7. The number of likely N-dealkylation sites (tertiary alicyclic amines) is 1. The number of carbonyl (C=O) groups excluding carboxylic acids is 2. The van der Waals surface area contributed by atoms with E-state index in [0.717, 1.165) is 34.4 Å². The predicted molar refractivity (Wildman–Crippen MR) is 208 cm³/mol. The van der Waals surface area contributed by atoms with Gasteiger partial charge in [0.15, 0.2) is 0 Å². The summed E-state index contributed by atoms with van der Waals surface area (Å²) >= 11 is 0. The van der Waals surface area contributed by atoms with Gasteiger partial charge in [-0.3, -0.25) is 9.69 Å². The van der Waals surface area contributed by atoms with Crippen molar-refractivity contribution in [3.8, 4) is 22.6 Å². The summed E-state index contributed by atoms with van der Waals surface area (Å²) in [4.78, 5) is 41.4. The van der Waals surface area contributed by atoms with Crippen LogP contribution in [0.25, 0.3) is 11.1 Å². The van der Waals surface area contributed by atoms with Crippen LogP contribution in [0, 0.1) is 5.92 Å². The zero-order valence-electron chi connectivity index (χ0n) is 32.1. The van der Waals surface area contributed by atoms with E-state index < -0.39 is 53.5 Å². The van der Waals surface area contributed by atoms with E-state index >= 15 is 0 Å². The molecule has 2 aliphatic rings. The molecule has 0 spiro atoms. The molecule has 0 radical (unpaired) electrons. The maximum absolute atomic E-state index is 14.0. The van der Waals surface area contributed by atoms with Crippen molar-refractivity contribution >= 4 is 18.0 Å². The molecule has 4 atom stereocenters. The number of fused-ring (bicyclic) bond motifs is 1. The number of piperidine rings is 1. The van der Waals surface area contributed by atoms with Crippen LogP contribution >= 0.6 is 0 Å². The van der Waals surface area contributed by atoms with E-state index in [0.29, 0.717) is 22.6 Å². The largest absolute Gasteiger partial charge is 0.480 e. The van der Waals surface area contributed by atoms with E-state index in [1.165, 1.54) is 17.0 Å². The number of carbonyl (C=O) groups is 3. The third kappa shape index (κ3) is 10.5. The van der Waals surface area contributed by atoms with Crippen molar-refractivity contribution in [2.24, 2.45) is 5.92 Å². The third-order valence-corrected chi connectivity index (χ3v) is 9.72. The Morgan fingerprint density at radius 2 is 1.49 bits per heavy atom. The lowest BCUT2D eigenvalue weighted by molar-refractivity contribution is -0.142. The molecule has 57 heavy (non-hydrogen) atoms. The second-order valence-electron chi connectivity index (χ2n) is 15.3. The molecule has 1 heterocycles. The molecule has 12 heteroatoms. The Morgan fingerprint density at radius 1 is 0.842 bits per heavy atom. The standard InChI is InChI=1S/C45H45F3N2O7/c1-28-22-32-24-38(50(43(54)57-44(2,3)4)26-33(32)25-40(28)55-27-30-16-20-34(21-17-30)45(46,47)48)41(51)49-37(42(52)53)23-29-14-18-31(19-15-29)36-12-8-9-13-39(36)56-35-10-6-5-7-11-35/h5-22,25,28,37-38,40H,23-24,26-27H2,1-4H3,(H,49,51)(H,52,53)/t28?,37-,38?,40?/m0/s1. The summed E-state index contributed by atoms with van der Waals surface area (Å²) in [6, 6.07) is 26.8. The minimum atomic E-state index is -4.44. The maximum Gasteiger partial charge on any atom is 0.416 e. The van der Waals surface area contributed by atoms with Gasteiger partial charge in [-0.05, 0) is 78.9 Å². The van der Waals surface area contributed by atoms with Crippen LogP contribution in [0.2, 0.25) is 0 Å². The fraction of sp³-hybridized carbons (Fsp3) is 0.311. The number of nitrogens with one attached hydrogen (secondary N) is 1. The number of amides is 2. The van der Waals surface area contributed by atoms with E-state index in [9.17, 15) is 32.7 Å². The fourth-order valence-electron chi connectivity index (χ4n) is 6.80. The quantitative estimate of drug-likeness (QED) is 0.156. The summed E-state index contributed by atoms with van der Waals surface area (Å²) in [7, 11) is 0. The second kappa shape index (κ2) is 17.1. The lowest BCUT2D eigenvalue weighted by Gasteiger charge is -2.40. The first-order chi connectivity index (χ1) is 27.0. The van der Waals surface area contributed by atoms with Crippen LogP contribution in [0.1, 0.15) is 50.8 Å². The highest BCUT2D eigenvalue weighted by Gasteiger charge is 2.41. The highest BCUT2D eigenvalue weighted by molar-refractivity contribution is 5.90. The number of para-hydroxylation sites is 2. The topological polar surface area (TPSA) is 114 Å². The summed E-state index contributed by atoms with van der Waals surface area (Å²) < 4.78 is 57.0. The Balaban J connectivity index is 1.15. The maximum atomic E-state index is 14.0. The monoisotopic (exact) mass is 782 g/mol. The number of alkyl halides is 3. The first-order valence-corrected chi connectivity index (χ1v) is 18.7. The number of carboxylic acid groups (broad SMARTS) is 1. The van der Waals surface area contributed by atoms with E-state index in [1.54, 1.807) is 20.8 Å². The molecule has 4 aromatic rings. The smallest absolute Gasteiger partial charge is 0.416 e. The predicted octanol–water partition coefficient (Wildman–Crippen LogP) is 9.37. The van der Waals surface area contributed by atoms with Gasteiger partial charge in [0.25, 0.3) is 0 Å². The van der Waals surface area contributed by atoms with Crippen LogP contribution in [-0.4, -0.2) is 58.3 Å². The number of benzene rings is 4. The summed E-state index contributed by atoms with van der Waals surface area (Å²) in [5.74, 6) is -0.672. The van der Waals surface area contributed by atoms with Crippen LogP contribution in [0.5, 0.6) is 11.5 Å². The summed E-state index contributed by atoms with van der Waals surface area (Å²) in [6.07, 6.45) is -1.70. The van der Waals surface area contributed by atoms with E-state index in [4.69, 9.17) is 14.2 Å². The average Bonchev–Trinajstić information content (AvgIpc) is 3.16. The Morgan fingerprint density at radius 3 is 2.14 bits per heavy atom. The highest BCUT2D eigenvalue weighted by Crippen LogP contribution is 2.36. The highest BCUT2D eigenvalue weighted by atomic mass is 19.4. The molecule has 1 fully saturated rings. The number of ether oxygens (including phenoxy) is 3. The van der Waals surface area contributed by atoms with Crippen molar-refractivity contribution in [2.45, 2.75) is 77.1 Å². The molecule has 6 rings (SSSR count). The number of carboxylic acids is 1. The molecular weight excluding hydrogens is 737 g/mol. The molecule has 4 aromatic carbocycles. The van der Waals surface area contributed by atoms with Crippen LogP contribution in [0.15, 0.2) is 126 Å². The van der Waals surface area contributed by atoms with Gasteiger partial charge in [0.1, 0.15) is 29.2 Å². The lowest BCUT2D eigenvalue weighted by atomic mass is 9.82. The van der Waals surface area contributed by atoms with Gasteiger partial charge in [0.05, 0.1) is 18.3 Å². The van der Waals surface area contributed by atoms with Crippen molar-refractivity contribution in [2.75, 3.05) is 6.54 Å². The van der Waals surface area contributed by atoms with Gasteiger partial charge < -0.3 is 24.6 Å². The minimum Gasteiger partial charge on any atom is -0.480 e. The van der Waals surface area contributed by atoms with Gasteiger partial charge >= 0.3 is 18.2 Å². The number of hydrogen-bond acceptors (Lipinski definition) is 6. The number of rotatable bonds is 11. The van der Waals surface area contributed by atoms with Crippen LogP contribution in [-0.2, 0) is 38.3 Å². The van der Waals surface area contributed by atoms with E-state index in [1.807, 2.05) is 97.9 Å². The molecule has 1 aliphatic heterocycles. The normalized spacial score (nSPS) is 18.7. The lowest BCUT2D eigenvalue weighted by Crippen LogP contribution is -2.57. The van der Waals surface area contributed by atoms with Gasteiger partial charge in [-0.2, -0.15) is 13.2 Å². The molecule has 0 bridgehead atoms. The second-order valence-corrected chi connectivity index (χ2v) is 15.3. The number of nitrogens with zero attached hydrogens (tertiary/aromatic N) is 1.